The van der Waals surface area contributed by atoms with Crippen LogP contribution >= 0.6 is 27.7 Å². The largest absolute Gasteiger partial charge is 0.504 e. The van der Waals surface area contributed by atoms with Crippen molar-refractivity contribution in [2.75, 3.05) is 5.75 Å². The number of carbonyl (C=O) groups excluding carboxylic acids is 1. The molecule has 33 heavy (non-hydrogen) atoms. The Hall–Kier alpha value is -3.63. The van der Waals surface area contributed by atoms with Crippen LogP contribution in [0.4, 0.5) is 0 Å². The molecule has 0 spiro atoms. The topological polar surface area (TPSA) is 113 Å². The molecule has 3 N–H and O–H groups in total. The van der Waals surface area contributed by atoms with Gasteiger partial charge in [-0.15, -0.1) is 10.2 Å². The first-order valence-electron chi connectivity index (χ1n) is 9.75. The number of aromatic hydroxyl groups is 2. The zero-order valence-electron chi connectivity index (χ0n) is 17.1. The van der Waals surface area contributed by atoms with Crippen LogP contribution in [0.3, 0.4) is 0 Å². The molecule has 8 nitrogen and oxygen atoms in total. The molecule has 0 aliphatic heterocycles. The average Bonchev–Trinajstić information content (AvgIpc) is 3.25. The lowest BCUT2D eigenvalue weighted by atomic mass is 10.2. The number of hydrogen-bond donors (Lipinski definition) is 3. The molecule has 1 aromatic heterocycles. The first-order valence-corrected chi connectivity index (χ1v) is 11.5. The third kappa shape index (κ3) is 5.60. The highest BCUT2D eigenvalue weighted by Crippen LogP contribution is 2.28. The summed E-state index contributed by atoms with van der Waals surface area (Å²) >= 11 is 4.69. The van der Waals surface area contributed by atoms with Gasteiger partial charge < -0.3 is 10.2 Å². The van der Waals surface area contributed by atoms with E-state index in [4.69, 9.17) is 0 Å². The van der Waals surface area contributed by atoms with Crippen molar-refractivity contribution in [3.8, 4) is 28.6 Å². The molecule has 3 aromatic carbocycles. The number of rotatable bonds is 7. The van der Waals surface area contributed by atoms with E-state index in [9.17, 15) is 15.0 Å². The van der Waals surface area contributed by atoms with Gasteiger partial charge in [-0.1, -0.05) is 58.0 Å². The van der Waals surface area contributed by atoms with Crippen LogP contribution < -0.4 is 5.43 Å². The highest BCUT2D eigenvalue weighted by atomic mass is 79.9. The normalized spacial score (nSPS) is 11.1. The van der Waals surface area contributed by atoms with Crippen molar-refractivity contribution < 1.29 is 15.0 Å². The Balaban J connectivity index is 1.49. The minimum absolute atomic E-state index is 0.0711. The number of halogens is 1. The fourth-order valence-corrected chi connectivity index (χ4v) is 3.93. The number of carbonyl (C=O) groups is 1. The van der Waals surface area contributed by atoms with Gasteiger partial charge in [0.05, 0.1) is 12.0 Å². The van der Waals surface area contributed by atoms with E-state index in [-0.39, 0.29) is 23.2 Å². The fourth-order valence-electron chi connectivity index (χ4n) is 2.92. The van der Waals surface area contributed by atoms with E-state index in [1.54, 1.807) is 6.07 Å². The molecule has 0 saturated carbocycles. The number of hydrazone groups is 1. The van der Waals surface area contributed by atoms with Gasteiger partial charge in [-0.2, -0.15) is 5.10 Å². The molecule has 0 unspecified atom stereocenters. The molecule has 166 valence electrons. The van der Waals surface area contributed by atoms with Gasteiger partial charge in [0.25, 0.3) is 5.91 Å². The summed E-state index contributed by atoms with van der Waals surface area (Å²) in [6, 6.07) is 21.7. The first kappa shape index (κ1) is 22.6. The third-order valence-corrected chi connectivity index (χ3v) is 5.94. The van der Waals surface area contributed by atoms with Crippen molar-refractivity contribution in [1.29, 1.82) is 0 Å². The Morgan fingerprint density at radius 1 is 1.03 bits per heavy atom. The van der Waals surface area contributed by atoms with Crippen LogP contribution in [0.25, 0.3) is 17.1 Å². The summed E-state index contributed by atoms with van der Waals surface area (Å²) in [6.07, 6.45) is 1.37. The van der Waals surface area contributed by atoms with Crippen molar-refractivity contribution >= 4 is 39.8 Å². The summed E-state index contributed by atoms with van der Waals surface area (Å²) in [7, 11) is 0. The van der Waals surface area contributed by atoms with Crippen molar-refractivity contribution in [3.63, 3.8) is 0 Å². The molecule has 1 heterocycles. The van der Waals surface area contributed by atoms with Crippen LogP contribution in [0.1, 0.15) is 5.56 Å². The van der Waals surface area contributed by atoms with Crippen LogP contribution in [0, 0.1) is 0 Å². The van der Waals surface area contributed by atoms with Crippen LogP contribution in [-0.4, -0.2) is 42.9 Å². The SMILES string of the molecule is O=C(CSc1nnc(-c2ccccc2)n1-c1ccc(Br)cc1)N/N=C\c1ccc(O)c(O)c1. The van der Waals surface area contributed by atoms with Gasteiger partial charge in [0.1, 0.15) is 0 Å². The molecule has 0 aliphatic rings. The smallest absolute Gasteiger partial charge is 0.250 e. The van der Waals surface area contributed by atoms with Crippen LogP contribution in [0.15, 0.2) is 87.5 Å². The zero-order valence-corrected chi connectivity index (χ0v) is 19.5. The maximum absolute atomic E-state index is 12.3. The van der Waals surface area contributed by atoms with E-state index < -0.39 is 0 Å². The summed E-state index contributed by atoms with van der Waals surface area (Å²) < 4.78 is 2.86. The van der Waals surface area contributed by atoms with Gasteiger partial charge in [0, 0.05) is 15.7 Å². The van der Waals surface area contributed by atoms with E-state index in [0.717, 1.165) is 15.7 Å². The standard InChI is InChI=1S/C23H18BrN5O3S/c24-17-7-9-18(10-8-17)29-22(16-4-2-1-3-5-16)27-28-23(29)33-14-21(32)26-25-13-15-6-11-19(30)20(31)12-15/h1-13,30-31H,14H2,(H,26,32)/b25-13-. The number of aromatic nitrogens is 3. The number of phenols is 2. The van der Waals surface area contributed by atoms with E-state index in [1.807, 2.05) is 59.2 Å². The van der Waals surface area contributed by atoms with E-state index in [2.05, 4.69) is 36.7 Å². The van der Waals surface area contributed by atoms with E-state index >= 15 is 0 Å². The lowest BCUT2D eigenvalue weighted by Crippen LogP contribution is -2.20. The van der Waals surface area contributed by atoms with E-state index in [0.29, 0.717) is 16.5 Å². The minimum Gasteiger partial charge on any atom is -0.504 e. The summed E-state index contributed by atoms with van der Waals surface area (Å²) in [5.41, 5.74) is 4.75. The second-order valence-corrected chi connectivity index (χ2v) is 8.67. The molecular weight excluding hydrogens is 506 g/mol. The molecule has 10 heteroatoms. The van der Waals surface area contributed by atoms with Crippen molar-refractivity contribution in [2.24, 2.45) is 5.10 Å². The Bertz CT molecular complexity index is 1290. The van der Waals surface area contributed by atoms with Crippen LogP contribution in [0.5, 0.6) is 11.5 Å². The number of hydrogen-bond acceptors (Lipinski definition) is 7. The molecule has 0 atom stereocenters. The van der Waals surface area contributed by atoms with E-state index in [1.165, 1.54) is 30.1 Å². The fraction of sp³-hybridized carbons (Fsp3) is 0.0435. The summed E-state index contributed by atoms with van der Waals surface area (Å²) in [6.45, 7) is 0. The van der Waals surface area contributed by atoms with Crippen LogP contribution in [-0.2, 0) is 4.79 Å². The van der Waals surface area contributed by atoms with Gasteiger partial charge >= 0.3 is 0 Å². The van der Waals surface area contributed by atoms with Gasteiger partial charge in [-0.05, 0) is 48.0 Å². The Kier molecular flexibility index (Phi) is 7.06. The minimum atomic E-state index is -0.328. The Morgan fingerprint density at radius 2 is 1.79 bits per heavy atom. The first-order chi connectivity index (χ1) is 16.0. The summed E-state index contributed by atoms with van der Waals surface area (Å²) in [5, 5.41) is 32.0. The number of thioether (sulfide) groups is 1. The lowest BCUT2D eigenvalue weighted by Gasteiger charge is -2.10. The monoisotopic (exact) mass is 523 g/mol. The van der Waals surface area contributed by atoms with Gasteiger partial charge in [0.2, 0.25) is 0 Å². The van der Waals surface area contributed by atoms with Gasteiger partial charge in [0.15, 0.2) is 22.5 Å². The predicted molar refractivity (Wildman–Crippen MR) is 131 cm³/mol. The zero-order chi connectivity index (χ0) is 23.2. The van der Waals surface area contributed by atoms with Gasteiger partial charge in [-0.3, -0.25) is 9.36 Å². The quantitative estimate of drug-likeness (QED) is 0.143. The predicted octanol–water partition coefficient (Wildman–Crippen LogP) is 4.35. The molecule has 1 amide bonds. The van der Waals surface area contributed by atoms with Crippen molar-refractivity contribution in [1.82, 2.24) is 20.2 Å². The Labute approximate surface area is 202 Å². The molecule has 0 aliphatic carbocycles. The molecule has 0 bridgehead atoms. The molecule has 4 aromatic rings. The Morgan fingerprint density at radius 3 is 2.52 bits per heavy atom. The maximum Gasteiger partial charge on any atom is 0.250 e. The maximum atomic E-state index is 12.3. The highest BCUT2D eigenvalue weighted by molar-refractivity contribution is 9.10. The number of nitrogens with zero attached hydrogens (tertiary/aromatic N) is 4. The second-order valence-electron chi connectivity index (χ2n) is 6.81. The molecule has 0 saturated heterocycles. The third-order valence-electron chi connectivity index (χ3n) is 4.48. The summed E-state index contributed by atoms with van der Waals surface area (Å²) in [5.74, 6) is -0.0711. The molecule has 0 fully saturated rings. The molecular formula is C23H18BrN5O3S. The van der Waals surface area contributed by atoms with Crippen molar-refractivity contribution in [3.05, 3.63) is 82.8 Å². The second kappa shape index (κ2) is 10.3. The number of amides is 1. The highest BCUT2D eigenvalue weighted by Gasteiger charge is 2.17. The summed E-state index contributed by atoms with van der Waals surface area (Å²) in [4.78, 5) is 12.3. The number of benzene rings is 3. The lowest BCUT2D eigenvalue weighted by molar-refractivity contribution is -0.118. The molecule has 4 rings (SSSR count). The number of phenolic OH excluding ortho intramolecular Hbond substituents is 2. The number of nitrogens with one attached hydrogen (secondary N) is 1. The van der Waals surface area contributed by atoms with Crippen LogP contribution in [0.2, 0.25) is 0 Å². The van der Waals surface area contributed by atoms with Crippen molar-refractivity contribution in [2.45, 2.75) is 5.16 Å². The molecule has 0 radical (unpaired) electrons. The van der Waals surface area contributed by atoms with Gasteiger partial charge in [-0.25, -0.2) is 5.43 Å². The average molecular weight is 524 g/mol.